The quantitative estimate of drug-likeness (QED) is 0.391. The number of rotatable bonds is 5. The lowest BCUT2D eigenvalue weighted by molar-refractivity contribution is 0.627. The number of nitrogens with zero attached hydrogens (tertiary/aromatic N) is 5. The van der Waals surface area contributed by atoms with Crippen LogP contribution in [0, 0.1) is 12.7 Å². The highest BCUT2D eigenvalue weighted by Gasteiger charge is 2.15. The summed E-state index contributed by atoms with van der Waals surface area (Å²) in [6.45, 7) is 2.28. The van der Waals surface area contributed by atoms with Gasteiger partial charge in [0.05, 0.1) is 22.9 Å². The molecule has 0 bridgehead atoms. The lowest BCUT2D eigenvalue weighted by Gasteiger charge is -2.15. The number of anilines is 2. The van der Waals surface area contributed by atoms with Crippen LogP contribution in [0.15, 0.2) is 53.6 Å². The number of fused-ring (bicyclic) bond motifs is 2. The third-order valence-electron chi connectivity index (χ3n) is 5.20. The van der Waals surface area contributed by atoms with Crippen molar-refractivity contribution in [1.82, 2.24) is 29.5 Å². The molecule has 4 N–H and O–H groups in total. The summed E-state index contributed by atoms with van der Waals surface area (Å²) in [6, 6.07) is 11.3. The van der Waals surface area contributed by atoms with Crippen LogP contribution in [-0.4, -0.2) is 36.0 Å². The van der Waals surface area contributed by atoms with E-state index in [0.29, 0.717) is 52.4 Å². The van der Waals surface area contributed by atoms with Gasteiger partial charge < -0.3 is 16.0 Å². The van der Waals surface area contributed by atoms with Gasteiger partial charge in [-0.1, -0.05) is 12.1 Å². The molecule has 9 nitrogen and oxygen atoms in total. The summed E-state index contributed by atoms with van der Waals surface area (Å²) >= 11 is 0. The van der Waals surface area contributed by atoms with E-state index in [1.54, 1.807) is 12.1 Å². The van der Waals surface area contributed by atoms with E-state index in [4.69, 9.17) is 10.7 Å². The second-order valence-electron chi connectivity index (χ2n) is 7.32. The van der Waals surface area contributed by atoms with Gasteiger partial charge in [-0.25, -0.2) is 14.4 Å². The molecule has 0 amide bonds. The van der Waals surface area contributed by atoms with Crippen LogP contribution in [0.25, 0.3) is 27.8 Å². The van der Waals surface area contributed by atoms with Gasteiger partial charge >= 0.3 is 0 Å². The van der Waals surface area contributed by atoms with Crippen LogP contribution in [-0.2, 0) is 6.42 Å². The van der Waals surface area contributed by atoms with Crippen LogP contribution in [0.3, 0.4) is 0 Å². The predicted octanol–water partition coefficient (Wildman–Crippen LogP) is 2.74. The number of benzene rings is 2. The van der Waals surface area contributed by atoms with E-state index >= 15 is 0 Å². The lowest BCUT2D eigenvalue weighted by Crippen LogP contribution is -2.26. The van der Waals surface area contributed by atoms with Crippen molar-refractivity contribution in [3.05, 3.63) is 76.4 Å². The Morgan fingerprint density at radius 3 is 2.75 bits per heavy atom. The Morgan fingerprint density at radius 1 is 1.12 bits per heavy atom. The minimum atomic E-state index is -0.375. The van der Waals surface area contributed by atoms with Gasteiger partial charge in [0.25, 0.3) is 5.56 Å². The summed E-state index contributed by atoms with van der Waals surface area (Å²) in [5, 5.41) is 3.75. The van der Waals surface area contributed by atoms with Crippen molar-refractivity contribution >= 4 is 33.8 Å². The molecule has 3 heterocycles. The summed E-state index contributed by atoms with van der Waals surface area (Å²) in [7, 11) is 0. The van der Waals surface area contributed by atoms with Crippen LogP contribution in [0.5, 0.6) is 0 Å². The van der Waals surface area contributed by atoms with Gasteiger partial charge in [0.1, 0.15) is 17.2 Å². The van der Waals surface area contributed by atoms with Crippen LogP contribution >= 0.6 is 0 Å². The molecule has 0 aliphatic rings. The van der Waals surface area contributed by atoms with Crippen molar-refractivity contribution in [2.75, 3.05) is 17.6 Å². The maximum absolute atomic E-state index is 13.5. The second kappa shape index (κ2) is 7.73. The third-order valence-corrected chi connectivity index (χ3v) is 5.20. The molecule has 2 aromatic carbocycles. The molecule has 0 aliphatic carbocycles. The number of nitrogens with one attached hydrogen (secondary N) is 2. The van der Waals surface area contributed by atoms with Crippen LogP contribution < -0.4 is 16.6 Å². The molecule has 0 saturated carbocycles. The van der Waals surface area contributed by atoms with E-state index in [9.17, 15) is 9.18 Å². The number of nitrogen functional groups attached to an aromatic ring is 1. The van der Waals surface area contributed by atoms with E-state index in [1.807, 2.05) is 25.1 Å². The molecule has 0 unspecified atom stereocenters. The van der Waals surface area contributed by atoms with Crippen molar-refractivity contribution in [2.24, 2.45) is 0 Å². The Kier molecular flexibility index (Phi) is 4.74. The number of H-pyrrole nitrogens is 1. The molecule has 3 aromatic heterocycles. The monoisotopic (exact) mass is 430 g/mol. The van der Waals surface area contributed by atoms with Gasteiger partial charge in [-0.2, -0.15) is 9.97 Å². The molecule has 0 atom stereocenters. The van der Waals surface area contributed by atoms with Crippen LogP contribution in [0.1, 0.15) is 11.4 Å². The molecule has 0 spiro atoms. The highest BCUT2D eigenvalue weighted by atomic mass is 19.1. The Labute approximate surface area is 181 Å². The molecule has 10 heteroatoms. The molecule has 32 heavy (non-hydrogen) atoms. The topological polar surface area (TPSA) is 127 Å². The molecule has 0 saturated heterocycles. The van der Waals surface area contributed by atoms with Crippen molar-refractivity contribution in [3.8, 4) is 5.69 Å². The van der Waals surface area contributed by atoms with Crippen molar-refractivity contribution in [3.63, 3.8) is 0 Å². The fourth-order valence-corrected chi connectivity index (χ4v) is 3.74. The Bertz CT molecular complexity index is 1510. The number of hydrogen-bond acceptors (Lipinski definition) is 7. The van der Waals surface area contributed by atoms with E-state index < -0.39 is 0 Å². The highest BCUT2D eigenvalue weighted by molar-refractivity contribution is 5.83. The van der Waals surface area contributed by atoms with Crippen LogP contribution in [0.2, 0.25) is 0 Å². The molecule has 5 aromatic rings. The number of halogens is 1. The number of hydrogen-bond donors (Lipinski definition) is 3. The van der Waals surface area contributed by atoms with Gasteiger partial charge in [-0.05, 0) is 42.8 Å². The van der Waals surface area contributed by atoms with E-state index in [2.05, 4.69) is 25.3 Å². The molecule has 0 aliphatic heterocycles. The van der Waals surface area contributed by atoms with Crippen molar-refractivity contribution < 1.29 is 4.39 Å². The standard InChI is InChI=1S/C22H19FN8O/c1-12-3-2-4-15-17(12)21(32)31(14-7-5-13(23)6-8-14)16(28-15)9-10-25-19-18-20(27-11-26-18)30-22(24)29-19/h2-8,11H,9-10H2,1H3,(H4,24,25,26,27,29,30). The molecule has 160 valence electrons. The molecule has 0 radical (unpaired) electrons. The smallest absolute Gasteiger partial charge is 0.266 e. The zero-order valence-corrected chi connectivity index (χ0v) is 17.1. The summed E-state index contributed by atoms with van der Waals surface area (Å²) < 4.78 is 15.0. The Hall–Kier alpha value is -4.34. The first-order valence-electron chi connectivity index (χ1n) is 9.99. The molecule has 0 fully saturated rings. The SMILES string of the molecule is Cc1cccc2nc(CCNc3nc(N)nc4nc[nH]c34)n(-c3ccc(F)cc3)c(=O)c12. The number of aryl methyl sites for hydroxylation is 1. The summed E-state index contributed by atoms with van der Waals surface area (Å²) in [4.78, 5) is 33.6. The van der Waals surface area contributed by atoms with E-state index in [-0.39, 0.29) is 17.3 Å². The highest BCUT2D eigenvalue weighted by Crippen LogP contribution is 2.19. The number of nitrogens with two attached hydrogens (primary N) is 1. The summed E-state index contributed by atoms with van der Waals surface area (Å²) in [5.41, 5.74) is 8.67. The maximum atomic E-state index is 13.5. The summed E-state index contributed by atoms with van der Waals surface area (Å²) in [6.07, 6.45) is 1.92. The normalized spacial score (nSPS) is 11.3. The molecular formula is C22H19FN8O. The Balaban J connectivity index is 1.55. The Morgan fingerprint density at radius 2 is 1.94 bits per heavy atom. The lowest BCUT2D eigenvalue weighted by atomic mass is 10.1. The minimum absolute atomic E-state index is 0.106. The van der Waals surface area contributed by atoms with E-state index in [1.165, 1.54) is 23.0 Å². The van der Waals surface area contributed by atoms with Gasteiger partial charge in [0.15, 0.2) is 11.5 Å². The zero-order valence-electron chi connectivity index (χ0n) is 17.1. The number of aromatic amines is 1. The van der Waals surface area contributed by atoms with Crippen molar-refractivity contribution in [1.29, 1.82) is 0 Å². The van der Waals surface area contributed by atoms with Crippen molar-refractivity contribution in [2.45, 2.75) is 13.3 Å². The molecular weight excluding hydrogens is 411 g/mol. The van der Waals surface area contributed by atoms with Gasteiger partial charge in [0, 0.05) is 13.0 Å². The largest absolute Gasteiger partial charge is 0.368 e. The van der Waals surface area contributed by atoms with Gasteiger partial charge in [0.2, 0.25) is 5.95 Å². The van der Waals surface area contributed by atoms with E-state index in [0.717, 1.165) is 5.56 Å². The first kappa shape index (κ1) is 19.6. The predicted molar refractivity (Wildman–Crippen MR) is 120 cm³/mol. The van der Waals surface area contributed by atoms with Gasteiger partial charge in [-0.3, -0.25) is 9.36 Å². The summed E-state index contributed by atoms with van der Waals surface area (Å²) in [5.74, 6) is 0.780. The molecule has 5 rings (SSSR count). The fraction of sp³-hybridized carbons (Fsp3) is 0.136. The first-order chi connectivity index (χ1) is 15.5. The van der Waals surface area contributed by atoms with Gasteiger partial charge in [-0.15, -0.1) is 0 Å². The average Bonchev–Trinajstić information content (AvgIpc) is 3.23. The third kappa shape index (κ3) is 3.41. The minimum Gasteiger partial charge on any atom is -0.368 e. The second-order valence-corrected chi connectivity index (χ2v) is 7.32. The fourth-order valence-electron chi connectivity index (χ4n) is 3.74. The zero-order chi connectivity index (χ0) is 22.2. The van der Waals surface area contributed by atoms with Crippen LogP contribution in [0.4, 0.5) is 16.2 Å². The number of aromatic nitrogens is 6. The first-order valence-corrected chi connectivity index (χ1v) is 9.99. The number of imidazole rings is 1. The average molecular weight is 430 g/mol. The maximum Gasteiger partial charge on any atom is 0.266 e.